The van der Waals surface area contributed by atoms with E-state index in [9.17, 15) is 0 Å². The van der Waals surface area contributed by atoms with Gasteiger partial charge in [0.2, 0.25) is 0 Å². The maximum Gasteiger partial charge on any atom is 0.193 e. The van der Waals surface area contributed by atoms with Crippen molar-refractivity contribution in [3.63, 3.8) is 0 Å². The molecule has 130 valence electrons. The molecule has 0 fully saturated rings. The molecule has 0 unspecified atom stereocenters. The molecule has 0 atom stereocenters. The molecule has 5 heteroatoms. The summed E-state index contributed by atoms with van der Waals surface area (Å²) in [4.78, 5) is 6.88. The van der Waals surface area contributed by atoms with E-state index in [0.29, 0.717) is 5.96 Å². The predicted molar refractivity (Wildman–Crippen MR) is 111 cm³/mol. The van der Waals surface area contributed by atoms with Crippen LogP contribution in [-0.4, -0.2) is 37.0 Å². The van der Waals surface area contributed by atoms with Crippen molar-refractivity contribution >= 4 is 35.6 Å². The van der Waals surface area contributed by atoms with Crippen molar-refractivity contribution in [2.75, 3.05) is 31.5 Å². The molecule has 0 bridgehead atoms. The minimum absolute atomic E-state index is 0. The van der Waals surface area contributed by atoms with Gasteiger partial charge in [0.25, 0.3) is 0 Å². The number of rotatable bonds is 7. The molecule has 0 spiro atoms. The van der Waals surface area contributed by atoms with Crippen molar-refractivity contribution in [3.8, 4) is 0 Å². The predicted octanol–water partition coefficient (Wildman–Crippen LogP) is 3.64. The van der Waals surface area contributed by atoms with Gasteiger partial charge < -0.3 is 16.0 Å². The molecule has 0 saturated carbocycles. The van der Waals surface area contributed by atoms with E-state index in [0.717, 1.165) is 44.7 Å². The third kappa shape index (κ3) is 6.30. The Bertz CT molecular complexity index is 498. The fraction of sp³-hybridized carbons (Fsp3) is 0.611. The minimum Gasteiger partial charge on any atom is -0.370 e. The van der Waals surface area contributed by atoms with E-state index in [4.69, 9.17) is 5.73 Å². The maximum absolute atomic E-state index is 6.05. The lowest BCUT2D eigenvalue weighted by molar-refractivity contribution is 0.302. The lowest BCUT2D eigenvalue weighted by Gasteiger charge is -2.20. The molecule has 0 radical (unpaired) electrons. The molecule has 1 aromatic rings. The fourth-order valence-electron chi connectivity index (χ4n) is 3.11. The fourth-order valence-corrected chi connectivity index (χ4v) is 3.11. The molecule has 0 aliphatic heterocycles. The molecule has 0 saturated heterocycles. The van der Waals surface area contributed by atoms with Crippen LogP contribution in [0.1, 0.15) is 44.2 Å². The van der Waals surface area contributed by atoms with Gasteiger partial charge in [0.05, 0.1) is 0 Å². The number of aliphatic imine (C=N–C) groups is 1. The molecule has 1 aliphatic carbocycles. The molecule has 1 aromatic carbocycles. The molecule has 2 rings (SSSR count). The first-order valence-electron chi connectivity index (χ1n) is 8.64. The standard InChI is InChI=1S/C18H30N4.HI/c1-3-22(4-2)14-8-13-20-18(19)21-17-12-7-10-15-9-5-6-11-16(15)17;/h7,10,12H,3-6,8-9,11,13-14H2,1-2H3,(H3,19,20,21);1H. The number of halogens is 1. The molecule has 3 N–H and O–H groups in total. The molecular formula is C18H31IN4. The Kier molecular flexibility index (Phi) is 9.55. The van der Waals surface area contributed by atoms with Gasteiger partial charge in [-0.3, -0.25) is 4.99 Å². The molecule has 0 heterocycles. The molecule has 4 nitrogen and oxygen atoms in total. The van der Waals surface area contributed by atoms with Gasteiger partial charge in [-0.25, -0.2) is 0 Å². The van der Waals surface area contributed by atoms with Crippen LogP contribution < -0.4 is 11.1 Å². The summed E-state index contributed by atoms with van der Waals surface area (Å²) in [5, 5.41) is 3.30. The minimum atomic E-state index is 0. The maximum atomic E-state index is 6.05. The topological polar surface area (TPSA) is 53.6 Å². The Labute approximate surface area is 157 Å². The van der Waals surface area contributed by atoms with E-state index in [1.165, 1.54) is 30.4 Å². The number of nitrogens with one attached hydrogen (secondary N) is 1. The highest BCUT2D eigenvalue weighted by atomic mass is 127. The third-order valence-corrected chi connectivity index (χ3v) is 4.47. The van der Waals surface area contributed by atoms with Crippen LogP contribution in [0.25, 0.3) is 0 Å². The Balaban J connectivity index is 0.00000264. The smallest absolute Gasteiger partial charge is 0.193 e. The quantitative estimate of drug-likeness (QED) is 0.301. The van der Waals surface area contributed by atoms with Crippen molar-refractivity contribution in [1.29, 1.82) is 0 Å². The lowest BCUT2D eigenvalue weighted by Crippen LogP contribution is -2.26. The summed E-state index contributed by atoms with van der Waals surface area (Å²) in [6, 6.07) is 6.46. The van der Waals surface area contributed by atoms with Crippen LogP contribution in [0.2, 0.25) is 0 Å². The largest absolute Gasteiger partial charge is 0.370 e. The van der Waals surface area contributed by atoms with Gasteiger partial charge in [-0.05, 0) is 68.9 Å². The van der Waals surface area contributed by atoms with Crippen molar-refractivity contribution in [1.82, 2.24) is 4.90 Å². The summed E-state index contributed by atoms with van der Waals surface area (Å²) in [5.41, 5.74) is 10.1. The zero-order valence-electron chi connectivity index (χ0n) is 14.5. The second-order valence-corrected chi connectivity index (χ2v) is 5.92. The Morgan fingerprint density at radius 2 is 1.96 bits per heavy atom. The van der Waals surface area contributed by atoms with E-state index >= 15 is 0 Å². The van der Waals surface area contributed by atoms with Gasteiger partial charge in [0.1, 0.15) is 0 Å². The first-order valence-corrected chi connectivity index (χ1v) is 8.64. The van der Waals surface area contributed by atoms with Crippen LogP contribution >= 0.6 is 24.0 Å². The second-order valence-electron chi connectivity index (χ2n) is 5.92. The average Bonchev–Trinajstić information content (AvgIpc) is 2.55. The van der Waals surface area contributed by atoms with E-state index in [2.05, 4.69) is 47.3 Å². The Morgan fingerprint density at radius 1 is 1.22 bits per heavy atom. The summed E-state index contributed by atoms with van der Waals surface area (Å²) < 4.78 is 0. The van der Waals surface area contributed by atoms with Crippen LogP contribution in [0.5, 0.6) is 0 Å². The number of guanidine groups is 1. The second kappa shape index (κ2) is 10.9. The monoisotopic (exact) mass is 430 g/mol. The van der Waals surface area contributed by atoms with Crippen LogP contribution in [0.15, 0.2) is 23.2 Å². The summed E-state index contributed by atoms with van der Waals surface area (Å²) in [5.74, 6) is 0.540. The number of hydrogen-bond donors (Lipinski definition) is 2. The third-order valence-electron chi connectivity index (χ3n) is 4.47. The number of benzene rings is 1. The SMILES string of the molecule is CCN(CC)CCCN=C(N)Nc1cccc2c1CCCC2.I. The number of fused-ring (bicyclic) bond motifs is 1. The average molecular weight is 430 g/mol. The highest BCUT2D eigenvalue weighted by molar-refractivity contribution is 14.0. The summed E-state index contributed by atoms with van der Waals surface area (Å²) in [7, 11) is 0. The zero-order chi connectivity index (χ0) is 15.8. The van der Waals surface area contributed by atoms with Crippen molar-refractivity contribution in [3.05, 3.63) is 29.3 Å². The van der Waals surface area contributed by atoms with E-state index in [1.807, 2.05) is 0 Å². The summed E-state index contributed by atoms with van der Waals surface area (Å²) in [6.07, 6.45) is 5.95. The molecule has 0 aromatic heterocycles. The molecule has 0 amide bonds. The molecular weight excluding hydrogens is 399 g/mol. The van der Waals surface area contributed by atoms with E-state index in [1.54, 1.807) is 0 Å². The van der Waals surface area contributed by atoms with Gasteiger partial charge >= 0.3 is 0 Å². The summed E-state index contributed by atoms with van der Waals surface area (Å²) >= 11 is 0. The number of anilines is 1. The van der Waals surface area contributed by atoms with E-state index in [-0.39, 0.29) is 24.0 Å². The Morgan fingerprint density at radius 3 is 2.70 bits per heavy atom. The summed E-state index contributed by atoms with van der Waals surface area (Å²) in [6.45, 7) is 8.46. The van der Waals surface area contributed by atoms with E-state index < -0.39 is 0 Å². The van der Waals surface area contributed by atoms with Gasteiger partial charge in [0.15, 0.2) is 5.96 Å². The first-order chi connectivity index (χ1) is 10.7. The Hall–Kier alpha value is -0.820. The van der Waals surface area contributed by atoms with Crippen molar-refractivity contribution < 1.29 is 0 Å². The molecule has 1 aliphatic rings. The van der Waals surface area contributed by atoms with Crippen LogP contribution in [0, 0.1) is 0 Å². The first kappa shape index (κ1) is 20.2. The van der Waals surface area contributed by atoms with Gasteiger partial charge in [-0.15, -0.1) is 24.0 Å². The van der Waals surface area contributed by atoms with Crippen LogP contribution in [0.4, 0.5) is 5.69 Å². The number of nitrogens with zero attached hydrogens (tertiary/aromatic N) is 2. The normalized spacial score (nSPS) is 14.3. The van der Waals surface area contributed by atoms with Gasteiger partial charge in [-0.1, -0.05) is 26.0 Å². The van der Waals surface area contributed by atoms with Crippen molar-refractivity contribution in [2.45, 2.75) is 46.0 Å². The number of hydrogen-bond acceptors (Lipinski definition) is 2. The van der Waals surface area contributed by atoms with Gasteiger partial charge in [-0.2, -0.15) is 0 Å². The highest BCUT2D eigenvalue weighted by Gasteiger charge is 2.12. The molecule has 23 heavy (non-hydrogen) atoms. The lowest BCUT2D eigenvalue weighted by atomic mass is 9.90. The van der Waals surface area contributed by atoms with Crippen LogP contribution in [-0.2, 0) is 12.8 Å². The van der Waals surface area contributed by atoms with Crippen LogP contribution in [0.3, 0.4) is 0 Å². The van der Waals surface area contributed by atoms with Gasteiger partial charge in [0, 0.05) is 12.2 Å². The van der Waals surface area contributed by atoms with Crippen molar-refractivity contribution in [2.24, 2.45) is 10.7 Å². The number of aryl methyl sites for hydroxylation is 1. The highest BCUT2D eigenvalue weighted by Crippen LogP contribution is 2.27. The zero-order valence-corrected chi connectivity index (χ0v) is 16.8. The number of nitrogens with two attached hydrogens (primary N) is 1.